The molecule has 0 bridgehead atoms. The molecule has 0 saturated heterocycles. The summed E-state index contributed by atoms with van der Waals surface area (Å²) in [5.74, 6) is 3.13. The fourth-order valence-electron chi connectivity index (χ4n) is 6.73. The maximum absolute atomic E-state index is 6.14. The van der Waals surface area contributed by atoms with E-state index in [1.165, 1.54) is 72.5 Å². The Balaban J connectivity index is 1.11. The van der Waals surface area contributed by atoms with E-state index >= 15 is 0 Å². The summed E-state index contributed by atoms with van der Waals surface area (Å²) in [6, 6.07) is 38.9. The van der Waals surface area contributed by atoms with E-state index in [4.69, 9.17) is 18.2 Å². The summed E-state index contributed by atoms with van der Waals surface area (Å²) in [7, 11) is 0. The van der Waals surface area contributed by atoms with E-state index in [2.05, 4.69) is 137 Å². The highest BCUT2D eigenvalue weighted by Crippen LogP contribution is 2.36. The van der Waals surface area contributed by atoms with E-state index in [0.717, 1.165) is 70.8 Å². The van der Waals surface area contributed by atoms with Crippen LogP contribution in [0.1, 0.15) is 79.1 Å². The van der Waals surface area contributed by atoms with Crippen LogP contribution in [0.25, 0.3) is 55.5 Å². The lowest BCUT2D eigenvalue weighted by molar-refractivity contribution is 0.233. The molecule has 2 atom stereocenters. The first kappa shape index (κ1) is 36.3. The molecule has 0 spiro atoms. The van der Waals surface area contributed by atoms with Crippen molar-refractivity contribution >= 4 is 22.8 Å². The van der Waals surface area contributed by atoms with Crippen molar-refractivity contribution in [2.45, 2.75) is 79.1 Å². The number of rotatable bonds is 18. The van der Waals surface area contributed by atoms with E-state index in [-0.39, 0.29) is 0 Å². The van der Waals surface area contributed by atoms with Gasteiger partial charge in [0.1, 0.15) is 22.5 Å². The van der Waals surface area contributed by atoms with Crippen molar-refractivity contribution < 1.29 is 9.47 Å². The summed E-state index contributed by atoms with van der Waals surface area (Å²) in [5.41, 5.74) is 11.1. The Morgan fingerprint density at radius 2 is 0.784 bits per heavy atom. The van der Waals surface area contributed by atoms with Crippen molar-refractivity contribution in [3.8, 4) is 56.0 Å². The number of ether oxygens (including phenoxy) is 2. The first-order valence-corrected chi connectivity index (χ1v) is 19.8. The van der Waals surface area contributed by atoms with Crippen LogP contribution in [0.2, 0.25) is 0 Å². The minimum atomic E-state index is 0.625. The van der Waals surface area contributed by atoms with Crippen LogP contribution in [0.4, 0.5) is 0 Å². The quantitative estimate of drug-likeness (QED) is 0.0897. The predicted molar refractivity (Wildman–Crippen MR) is 217 cm³/mol. The number of hydrogen-bond acceptors (Lipinski definition) is 5. The summed E-state index contributed by atoms with van der Waals surface area (Å²) in [4.78, 5) is 0. The normalized spacial score (nSPS) is 12.5. The second-order valence-corrected chi connectivity index (χ2v) is 14.3. The topological polar surface area (TPSA) is 44.2 Å². The summed E-state index contributed by atoms with van der Waals surface area (Å²) in [6.45, 7) is 10.6. The molecule has 1 aromatic heterocycles. The minimum Gasteiger partial charge on any atom is -0.493 e. The van der Waals surface area contributed by atoms with Gasteiger partial charge in [0.15, 0.2) is 0 Å². The Morgan fingerprint density at radius 1 is 0.451 bits per heavy atom. The maximum Gasteiger partial charge on any atom is 0.119 e. The molecule has 1 heterocycles. The highest BCUT2D eigenvalue weighted by molar-refractivity contribution is 7.00. The number of fused-ring (bicyclic) bond motifs is 1. The molecule has 0 saturated carbocycles. The van der Waals surface area contributed by atoms with Crippen LogP contribution in [-0.4, -0.2) is 22.0 Å². The van der Waals surface area contributed by atoms with Crippen molar-refractivity contribution in [2.75, 3.05) is 13.2 Å². The van der Waals surface area contributed by atoms with Crippen LogP contribution in [0, 0.1) is 11.8 Å². The molecule has 5 aromatic carbocycles. The molecule has 0 aliphatic carbocycles. The molecule has 6 aromatic rings. The van der Waals surface area contributed by atoms with Gasteiger partial charge in [-0.1, -0.05) is 151 Å². The Labute approximate surface area is 309 Å². The molecule has 0 amide bonds. The van der Waals surface area contributed by atoms with Crippen LogP contribution in [0.15, 0.2) is 109 Å². The average Bonchev–Trinajstić information content (AvgIpc) is 3.69. The van der Waals surface area contributed by atoms with Gasteiger partial charge in [-0.2, -0.15) is 8.75 Å². The predicted octanol–water partition coefficient (Wildman–Crippen LogP) is 13.5. The lowest BCUT2D eigenvalue weighted by Gasteiger charge is -2.16. The van der Waals surface area contributed by atoms with E-state index in [1.807, 2.05) is 0 Å². The SMILES string of the molecule is CCCCC(CC)COc1ccc(-c2ccc(-c3ccc(-c4ccc(-c5ccc(OCC(CC)CCCC)cc5)cc4)c4nsnc34)cc2)cc1. The highest BCUT2D eigenvalue weighted by Gasteiger charge is 2.15. The lowest BCUT2D eigenvalue weighted by atomic mass is 9.95. The number of unbranched alkanes of at least 4 members (excludes halogenated alkanes) is 2. The molecule has 0 N–H and O–H groups in total. The first-order valence-electron chi connectivity index (χ1n) is 19.0. The molecule has 0 fully saturated rings. The lowest BCUT2D eigenvalue weighted by Crippen LogP contribution is -2.11. The minimum absolute atomic E-state index is 0.625. The van der Waals surface area contributed by atoms with Gasteiger partial charge in [0.2, 0.25) is 0 Å². The molecule has 5 heteroatoms. The van der Waals surface area contributed by atoms with Crippen LogP contribution in [-0.2, 0) is 0 Å². The number of hydrogen-bond donors (Lipinski definition) is 0. The third-order valence-electron chi connectivity index (χ3n) is 10.2. The van der Waals surface area contributed by atoms with Crippen molar-refractivity contribution in [1.82, 2.24) is 8.75 Å². The Bertz CT molecular complexity index is 1790. The molecule has 264 valence electrons. The Kier molecular flexibility index (Phi) is 12.9. The molecular weight excluding hydrogens is 645 g/mol. The van der Waals surface area contributed by atoms with Gasteiger partial charge in [-0.05, 0) is 82.3 Å². The third kappa shape index (κ3) is 9.25. The standard InChI is InChI=1S/C46H52N2O2S/c1-5-9-11-33(7-3)31-49-41-25-21-37(22-26-41)35-13-17-39(18-14-35)43-29-30-44(46-45(43)47-51-48-46)40-19-15-36(16-20-40)38-23-27-42(28-24-38)50-32-34(8-4)12-10-6-2/h13-30,33-34H,5-12,31-32H2,1-4H3. The van der Waals surface area contributed by atoms with Gasteiger partial charge in [-0.15, -0.1) is 0 Å². The molecule has 0 aliphatic rings. The molecule has 4 nitrogen and oxygen atoms in total. The Morgan fingerprint density at radius 3 is 1.12 bits per heavy atom. The van der Waals surface area contributed by atoms with Gasteiger partial charge in [0.05, 0.1) is 24.9 Å². The fourth-order valence-corrected chi connectivity index (χ4v) is 7.30. The van der Waals surface area contributed by atoms with Crippen molar-refractivity contribution in [3.63, 3.8) is 0 Å². The monoisotopic (exact) mass is 696 g/mol. The van der Waals surface area contributed by atoms with Crippen LogP contribution < -0.4 is 9.47 Å². The van der Waals surface area contributed by atoms with E-state index in [0.29, 0.717) is 11.8 Å². The molecule has 0 radical (unpaired) electrons. The highest BCUT2D eigenvalue weighted by atomic mass is 32.1. The summed E-state index contributed by atoms with van der Waals surface area (Å²) in [5, 5.41) is 0. The van der Waals surface area contributed by atoms with Gasteiger partial charge >= 0.3 is 0 Å². The zero-order valence-electron chi connectivity index (χ0n) is 30.7. The van der Waals surface area contributed by atoms with E-state index < -0.39 is 0 Å². The van der Waals surface area contributed by atoms with Gasteiger partial charge < -0.3 is 9.47 Å². The van der Waals surface area contributed by atoms with E-state index in [1.54, 1.807) is 0 Å². The molecule has 51 heavy (non-hydrogen) atoms. The van der Waals surface area contributed by atoms with E-state index in [9.17, 15) is 0 Å². The van der Waals surface area contributed by atoms with Gasteiger partial charge in [0.25, 0.3) is 0 Å². The van der Waals surface area contributed by atoms with Crippen LogP contribution in [0.5, 0.6) is 11.5 Å². The third-order valence-corrected chi connectivity index (χ3v) is 10.8. The average molecular weight is 697 g/mol. The van der Waals surface area contributed by atoms with Crippen LogP contribution >= 0.6 is 11.7 Å². The molecule has 0 aliphatic heterocycles. The van der Waals surface area contributed by atoms with Gasteiger partial charge in [-0.3, -0.25) is 0 Å². The zero-order valence-corrected chi connectivity index (χ0v) is 31.6. The second kappa shape index (κ2) is 18.1. The largest absolute Gasteiger partial charge is 0.493 e. The Hall–Kier alpha value is -4.48. The summed E-state index contributed by atoms with van der Waals surface area (Å²) < 4.78 is 21.8. The molecular formula is C46H52N2O2S. The fraction of sp³-hybridized carbons (Fsp3) is 0.348. The van der Waals surface area contributed by atoms with Gasteiger partial charge in [-0.25, -0.2) is 0 Å². The van der Waals surface area contributed by atoms with Crippen molar-refractivity contribution in [2.24, 2.45) is 11.8 Å². The second-order valence-electron chi connectivity index (χ2n) is 13.8. The number of nitrogens with zero attached hydrogens (tertiary/aromatic N) is 2. The summed E-state index contributed by atoms with van der Waals surface area (Å²) >= 11 is 1.27. The maximum atomic E-state index is 6.14. The molecule has 6 rings (SSSR count). The zero-order chi connectivity index (χ0) is 35.4. The van der Waals surface area contributed by atoms with Crippen LogP contribution in [0.3, 0.4) is 0 Å². The molecule has 2 unspecified atom stereocenters. The van der Waals surface area contributed by atoms with Gasteiger partial charge in [0, 0.05) is 11.1 Å². The summed E-state index contributed by atoms with van der Waals surface area (Å²) in [6.07, 6.45) is 9.81. The number of benzene rings is 5. The number of aromatic nitrogens is 2. The first-order chi connectivity index (χ1) is 25.1. The van der Waals surface area contributed by atoms with Crippen molar-refractivity contribution in [3.05, 3.63) is 109 Å². The van der Waals surface area contributed by atoms with Crippen molar-refractivity contribution in [1.29, 1.82) is 0 Å². The smallest absolute Gasteiger partial charge is 0.119 e.